The molecule has 1 aliphatic carbocycles. The van der Waals surface area contributed by atoms with Gasteiger partial charge >= 0.3 is 0 Å². The summed E-state index contributed by atoms with van der Waals surface area (Å²) in [5, 5.41) is 5.05. The Labute approximate surface area is 132 Å². The highest BCUT2D eigenvalue weighted by molar-refractivity contribution is 9.11. The second-order valence-corrected chi connectivity index (χ2v) is 7.57. The molecule has 3 nitrogen and oxygen atoms in total. The van der Waals surface area contributed by atoms with Crippen molar-refractivity contribution in [1.29, 1.82) is 0 Å². The molecule has 2 unspecified atom stereocenters. The summed E-state index contributed by atoms with van der Waals surface area (Å²) in [7, 11) is 0. The van der Waals surface area contributed by atoms with Crippen LogP contribution in [0.1, 0.15) is 38.2 Å². The molecule has 0 saturated heterocycles. The lowest BCUT2D eigenvalue weighted by Gasteiger charge is -2.37. The largest absolute Gasteiger partial charge is 0.352 e. The molecule has 1 fully saturated rings. The van der Waals surface area contributed by atoms with Crippen molar-refractivity contribution < 1.29 is 4.79 Å². The molecule has 1 saturated carbocycles. The minimum atomic E-state index is -0.350. The van der Waals surface area contributed by atoms with Gasteiger partial charge < -0.3 is 11.1 Å². The fourth-order valence-electron chi connectivity index (χ4n) is 2.54. The van der Waals surface area contributed by atoms with Crippen molar-refractivity contribution in [2.75, 3.05) is 0 Å². The first-order valence-electron chi connectivity index (χ1n) is 6.28. The monoisotopic (exact) mass is 366 g/mol. The standard InChI is InChI=1S/C13H19BrN2OS.ClH/c1-13(15)5-3-2-4-10(13)12(17)16-7-9-6-11(14)18-8-9;/h6,8,10H,2-5,7,15H2,1H3,(H,16,17);1H. The van der Waals surface area contributed by atoms with Crippen LogP contribution in [0, 0.1) is 5.92 Å². The summed E-state index contributed by atoms with van der Waals surface area (Å²) in [5.74, 6) is 0.0512. The molecule has 0 radical (unpaired) electrons. The molecule has 0 bridgehead atoms. The van der Waals surface area contributed by atoms with Crippen LogP contribution < -0.4 is 11.1 Å². The summed E-state index contributed by atoms with van der Waals surface area (Å²) >= 11 is 5.05. The van der Waals surface area contributed by atoms with Crippen LogP contribution in [0.25, 0.3) is 0 Å². The summed E-state index contributed by atoms with van der Waals surface area (Å²) in [6.45, 7) is 2.59. The van der Waals surface area contributed by atoms with E-state index in [1.807, 2.05) is 18.4 Å². The lowest BCUT2D eigenvalue weighted by Crippen LogP contribution is -2.52. The van der Waals surface area contributed by atoms with E-state index in [2.05, 4.69) is 21.2 Å². The van der Waals surface area contributed by atoms with Crippen molar-refractivity contribution in [3.8, 4) is 0 Å². The fraction of sp³-hybridized carbons (Fsp3) is 0.615. The quantitative estimate of drug-likeness (QED) is 0.859. The van der Waals surface area contributed by atoms with E-state index in [1.54, 1.807) is 11.3 Å². The third-order valence-corrected chi connectivity index (χ3v) is 5.21. The van der Waals surface area contributed by atoms with Gasteiger partial charge in [-0.1, -0.05) is 12.8 Å². The molecule has 1 amide bonds. The highest BCUT2D eigenvalue weighted by atomic mass is 79.9. The normalized spacial score (nSPS) is 26.6. The molecule has 3 N–H and O–H groups in total. The van der Waals surface area contributed by atoms with Gasteiger partial charge in [-0.05, 0) is 52.7 Å². The van der Waals surface area contributed by atoms with Gasteiger partial charge in [-0.15, -0.1) is 23.7 Å². The molecule has 0 aromatic carbocycles. The molecule has 0 aliphatic heterocycles. The third kappa shape index (κ3) is 4.45. The zero-order valence-electron chi connectivity index (χ0n) is 10.9. The second-order valence-electron chi connectivity index (χ2n) is 5.28. The van der Waals surface area contributed by atoms with Crippen LogP contribution in [0.2, 0.25) is 0 Å². The molecule has 6 heteroatoms. The predicted octanol–water partition coefficient (Wildman–Crippen LogP) is 3.46. The number of nitrogens with one attached hydrogen (secondary N) is 1. The number of halogens is 2. The zero-order chi connectivity index (χ0) is 13.2. The molecular weight excluding hydrogens is 348 g/mol. The van der Waals surface area contributed by atoms with Gasteiger partial charge in [0.15, 0.2) is 0 Å². The second kappa shape index (κ2) is 7.07. The predicted molar refractivity (Wildman–Crippen MR) is 85.7 cm³/mol. The summed E-state index contributed by atoms with van der Waals surface area (Å²) in [6, 6.07) is 2.04. The SMILES string of the molecule is CC1(N)CCCCC1C(=O)NCc1csc(Br)c1.Cl. The first kappa shape index (κ1) is 17.0. The summed E-state index contributed by atoms with van der Waals surface area (Å²) < 4.78 is 1.09. The number of nitrogens with two attached hydrogens (primary N) is 1. The molecule has 1 aromatic heterocycles. The summed E-state index contributed by atoms with van der Waals surface area (Å²) in [4.78, 5) is 12.2. The van der Waals surface area contributed by atoms with Crippen LogP contribution in [0.15, 0.2) is 15.2 Å². The lowest BCUT2D eigenvalue weighted by molar-refractivity contribution is -0.128. The maximum atomic E-state index is 12.2. The van der Waals surface area contributed by atoms with E-state index >= 15 is 0 Å². The van der Waals surface area contributed by atoms with E-state index in [0.29, 0.717) is 6.54 Å². The summed E-state index contributed by atoms with van der Waals surface area (Å²) in [6.07, 6.45) is 4.09. The molecule has 1 heterocycles. The number of hydrogen-bond donors (Lipinski definition) is 2. The fourth-order valence-corrected chi connectivity index (χ4v) is 3.75. The lowest BCUT2D eigenvalue weighted by atomic mass is 9.74. The highest BCUT2D eigenvalue weighted by Crippen LogP contribution is 2.31. The minimum absolute atomic E-state index is 0. The third-order valence-electron chi connectivity index (χ3n) is 3.66. The van der Waals surface area contributed by atoms with Crippen molar-refractivity contribution in [2.45, 2.75) is 44.7 Å². The number of carbonyl (C=O) groups excluding carboxylic acids is 1. The Morgan fingerprint density at radius 3 is 2.95 bits per heavy atom. The summed E-state index contributed by atoms with van der Waals surface area (Å²) in [5.41, 5.74) is 7.01. The number of carbonyl (C=O) groups is 1. The average Bonchev–Trinajstić information content (AvgIpc) is 2.71. The zero-order valence-corrected chi connectivity index (χ0v) is 14.2. The van der Waals surface area contributed by atoms with Gasteiger partial charge in [-0.25, -0.2) is 0 Å². The molecule has 19 heavy (non-hydrogen) atoms. The molecule has 2 rings (SSSR count). The van der Waals surface area contributed by atoms with E-state index in [9.17, 15) is 4.79 Å². The van der Waals surface area contributed by atoms with Crippen LogP contribution in [0.4, 0.5) is 0 Å². The van der Waals surface area contributed by atoms with E-state index in [0.717, 1.165) is 35.0 Å². The van der Waals surface area contributed by atoms with Gasteiger partial charge in [0, 0.05) is 12.1 Å². The van der Waals surface area contributed by atoms with Crippen LogP contribution in [0.3, 0.4) is 0 Å². The maximum absolute atomic E-state index is 12.2. The topological polar surface area (TPSA) is 55.1 Å². The van der Waals surface area contributed by atoms with Crippen molar-refractivity contribution >= 4 is 45.6 Å². The number of rotatable bonds is 3. The van der Waals surface area contributed by atoms with Gasteiger partial charge in [-0.2, -0.15) is 0 Å². The maximum Gasteiger partial charge on any atom is 0.225 e. The molecule has 1 aromatic rings. The van der Waals surface area contributed by atoms with Crippen LogP contribution in [-0.4, -0.2) is 11.4 Å². The van der Waals surface area contributed by atoms with E-state index in [-0.39, 0.29) is 29.8 Å². The first-order chi connectivity index (χ1) is 8.49. The first-order valence-corrected chi connectivity index (χ1v) is 7.96. The Morgan fingerprint density at radius 2 is 2.37 bits per heavy atom. The Morgan fingerprint density at radius 1 is 1.63 bits per heavy atom. The van der Waals surface area contributed by atoms with Gasteiger partial charge in [0.05, 0.1) is 9.70 Å². The molecule has 1 aliphatic rings. The molecule has 0 spiro atoms. The van der Waals surface area contributed by atoms with Crippen molar-refractivity contribution in [3.63, 3.8) is 0 Å². The smallest absolute Gasteiger partial charge is 0.225 e. The van der Waals surface area contributed by atoms with E-state index in [4.69, 9.17) is 5.73 Å². The number of thiophene rings is 1. The molecule has 2 atom stereocenters. The van der Waals surface area contributed by atoms with Gasteiger partial charge in [-0.3, -0.25) is 4.79 Å². The van der Waals surface area contributed by atoms with Crippen molar-refractivity contribution in [1.82, 2.24) is 5.32 Å². The Bertz CT molecular complexity index is 436. The molecule has 108 valence electrons. The van der Waals surface area contributed by atoms with Crippen LogP contribution in [-0.2, 0) is 11.3 Å². The van der Waals surface area contributed by atoms with Crippen LogP contribution in [0.5, 0.6) is 0 Å². The van der Waals surface area contributed by atoms with Gasteiger partial charge in [0.2, 0.25) is 5.91 Å². The number of amides is 1. The molecular formula is C13H20BrClN2OS. The highest BCUT2D eigenvalue weighted by Gasteiger charge is 2.37. The van der Waals surface area contributed by atoms with Crippen molar-refractivity contribution in [3.05, 3.63) is 20.8 Å². The average molecular weight is 368 g/mol. The van der Waals surface area contributed by atoms with Crippen molar-refractivity contribution in [2.24, 2.45) is 11.7 Å². The van der Waals surface area contributed by atoms with Gasteiger partial charge in [0.1, 0.15) is 0 Å². The Hall–Kier alpha value is -0.100. The Kier molecular flexibility index (Phi) is 6.30. The Balaban J connectivity index is 0.00000180. The van der Waals surface area contributed by atoms with Gasteiger partial charge in [0.25, 0.3) is 0 Å². The minimum Gasteiger partial charge on any atom is -0.352 e. The van der Waals surface area contributed by atoms with Crippen LogP contribution >= 0.6 is 39.7 Å². The van der Waals surface area contributed by atoms with E-state index in [1.165, 1.54) is 0 Å². The number of hydrogen-bond acceptors (Lipinski definition) is 3. The van der Waals surface area contributed by atoms with E-state index < -0.39 is 0 Å².